The molecule has 0 N–H and O–H groups in total. The highest BCUT2D eigenvalue weighted by Crippen LogP contribution is 2.58. The fourth-order valence-electron chi connectivity index (χ4n) is 23.5. The molecule has 0 spiro atoms. The number of cyclic esters (lactones) is 3. The zero-order valence-corrected chi connectivity index (χ0v) is 106. The average molecular weight is 2050 g/mol. The van der Waals surface area contributed by atoms with Crippen molar-refractivity contribution in [1.29, 1.82) is 0 Å². The van der Waals surface area contributed by atoms with Crippen molar-refractivity contribution in [2.45, 2.75) is 536 Å². The van der Waals surface area contributed by atoms with Crippen molar-refractivity contribution in [3.05, 3.63) is 132 Å². The number of benzene rings is 3. The van der Waals surface area contributed by atoms with E-state index in [-0.39, 0.29) is 108 Å². The minimum Gasteiger partial charge on any atom is -0.465 e. The highest BCUT2D eigenvalue weighted by atomic mass is 16.5. The second-order valence-corrected chi connectivity index (χ2v) is 58.6. The summed E-state index contributed by atoms with van der Waals surface area (Å²) in [6.07, 6.45) is 29.7. The molecule has 5 heterocycles. The lowest BCUT2D eigenvalue weighted by atomic mass is 9.59. The maximum atomic E-state index is 13.7. The fraction of sp³-hybridized carbons (Fsp3) is 0.800. The van der Waals surface area contributed by atoms with Gasteiger partial charge in [0, 0.05) is 49.5 Å². The standard InChI is InChI=1S/C26H41NO.C23H40O.C23H40.C21H35NO3.C18H34O3.C18H34O2.3C2H6/c1-9-10-14-17-27-19(2)23(26(6,7)8)22(24(27)28)21(18-25(3,4)5)20-15-12-11-13-16-20;1-8-9-13-16-24-21(23(5,6)7)17-20(18-22(2,3)4)19-14-11-10-12-15-19;1-8-9-11-16-21(23(5,6)7)17-20(18-22(2,3)4)19-14-12-10-13-15-19;1-14-15(20(5,6)7)16-17(23)22(14)11-9-10-12-25-18(24)21(16,8)13-19(2,3)4;1-16(2,3)13-18(7)12-14(17(4,5)6)20-10-8-9-11-21-15(18)19;1-16(2,3)13-18(7)12-14(17(4,5)6)10-8-9-11-20-15(18)19;3*1-2/h11-13,15-16,21-23H,2,9-10,14,17-18H2,1,3-8H3;10-12,14-15,20-21H,8-9,13,16-18H2,1-7H3;10,12-15,20-21H,8-9,11,16-18H2,1-7H3;15-16H,1,9-13H2,2-8H3;14H,8-13H2,1-7H3;14H,8-13H2,1-7H3;3*1-2H3. The molecule has 147 heavy (non-hydrogen) atoms. The summed E-state index contributed by atoms with van der Waals surface area (Å²) in [7, 11) is 0. The number of esters is 3. The summed E-state index contributed by atoms with van der Waals surface area (Å²) in [5, 5.41) is 0. The van der Waals surface area contributed by atoms with Crippen LogP contribution < -0.4 is 0 Å². The van der Waals surface area contributed by atoms with Crippen LogP contribution in [0.4, 0.5) is 0 Å². The van der Waals surface area contributed by atoms with E-state index in [0.29, 0.717) is 78.8 Å². The predicted molar refractivity (Wildman–Crippen MR) is 636 cm³/mol. The normalized spacial score (nSPS) is 23.0. The highest BCUT2D eigenvalue weighted by molar-refractivity contribution is 5.92. The van der Waals surface area contributed by atoms with Gasteiger partial charge in [-0.15, -0.1) is 0 Å². The van der Waals surface area contributed by atoms with Gasteiger partial charge in [0.25, 0.3) is 0 Å². The molecule has 852 valence electrons. The minimum atomic E-state index is -0.845. The van der Waals surface area contributed by atoms with E-state index in [2.05, 4.69) is 381 Å². The molecule has 14 unspecified atom stereocenters. The lowest BCUT2D eigenvalue weighted by Gasteiger charge is -2.42. The molecule has 5 aliphatic heterocycles. The van der Waals surface area contributed by atoms with Crippen LogP contribution >= 0.6 is 0 Å². The van der Waals surface area contributed by atoms with Crippen molar-refractivity contribution in [2.24, 2.45) is 117 Å². The molecule has 2 amide bonds. The number of amides is 2. The van der Waals surface area contributed by atoms with Gasteiger partial charge in [-0.25, -0.2) is 0 Å². The maximum absolute atomic E-state index is 13.7. The number of hydrogen-bond donors (Lipinski definition) is 0. The number of carbonyl (C=O) groups is 5. The summed E-state index contributed by atoms with van der Waals surface area (Å²) < 4.78 is 29.2. The summed E-state index contributed by atoms with van der Waals surface area (Å²) >= 11 is 0. The van der Waals surface area contributed by atoms with Crippen molar-refractivity contribution in [3.63, 3.8) is 0 Å². The largest absolute Gasteiger partial charge is 0.465 e. The number of nitrogens with zero attached hydrogens (tertiary/aromatic N) is 2. The number of allylic oxidation sites excluding steroid dienone is 2. The number of likely N-dealkylation sites (tertiary alicyclic amines) is 1. The Morgan fingerprint density at radius 2 is 0.789 bits per heavy atom. The number of fused-ring (bicyclic) bond motifs is 2. The Morgan fingerprint density at radius 3 is 1.19 bits per heavy atom. The van der Waals surface area contributed by atoms with E-state index in [4.69, 9.17) is 23.7 Å². The van der Waals surface area contributed by atoms with E-state index >= 15 is 0 Å². The Morgan fingerprint density at radius 1 is 0.395 bits per heavy atom. The lowest BCUT2D eigenvalue weighted by molar-refractivity contribution is -0.167. The molecule has 3 aromatic rings. The van der Waals surface area contributed by atoms with E-state index in [0.717, 1.165) is 127 Å². The SMILES string of the molecule is C=C1C(C(C)(C)C)C(C(CC(C)(C)C)c2ccccc2)C(=O)N1CCCCC.C=C1C(C(C)(C)C)C2C(=O)N1CCCCOC(=O)C2(C)CC(C)(C)C.CC.CC.CC.CC(C)(C)CC1(C)CC(C(C)(C)C)CCCCOC1=O.CC(C)(C)CC1(C)CC(C(C)(C)C)OCCCCOC1=O.CCCCCC(CC(CC(C)(C)C)c1ccccc1)C(C)(C)C.CCCCCOC(CC(CC(C)(C)C)c1ccccc1)C(C)(C)C. The van der Waals surface area contributed by atoms with Crippen LogP contribution in [0.3, 0.4) is 0 Å². The molecular weight excluding hydrogens is 1810 g/mol. The molecular formula is C135H242N2O10. The van der Waals surface area contributed by atoms with Gasteiger partial charge in [0.05, 0.1) is 60.1 Å². The highest BCUT2D eigenvalue weighted by Gasteiger charge is 2.61. The summed E-state index contributed by atoms with van der Waals surface area (Å²) in [5.74, 6) is 2.59. The van der Waals surface area contributed by atoms with E-state index < -0.39 is 16.7 Å². The van der Waals surface area contributed by atoms with E-state index in [1.54, 1.807) is 0 Å². The van der Waals surface area contributed by atoms with Crippen LogP contribution in [-0.4, -0.2) is 97.9 Å². The second kappa shape index (κ2) is 63.4. The molecule has 8 rings (SSSR count). The Balaban J connectivity index is 0.00000173. The van der Waals surface area contributed by atoms with Crippen molar-refractivity contribution in [3.8, 4) is 0 Å². The molecule has 12 heteroatoms. The average Bonchev–Trinajstić information content (AvgIpc) is 1.58. The Bertz CT molecular complexity index is 4130. The maximum Gasteiger partial charge on any atom is 0.312 e. The van der Waals surface area contributed by atoms with Crippen LogP contribution in [0, 0.1) is 117 Å². The first-order chi connectivity index (χ1) is 67.4. The summed E-state index contributed by atoms with van der Waals surface area (Å²) in [4.78, 5) is 69.3. The van der Waals surface area contributed by atoms with Gasteiger partial charge in [-0.1, -0.05) is 461 Å². The first kappa shape index (κ1) is 141. The molecule has 5 aliphatic rings. The van der Waals surface area contributed by atoms with Crippen LogP contribution in [0.15, 0.2) is 116 Å². The topological polar surface area (TPSA) is 138 Å². The van der Waals surface area contributed by atoms with Crippen LogP contribution in [0.25, 0.3) is 0 Å². The van der Waals surface area contributed by atoms with Crippen molar-refractivity contribution < 1.29 is 47.7 Å². The Hall–Kier alpha value is -5.59. The number of hydrogen-bond acceptors (Lipinski definition) is 10. The van der Waals surface area contributed by atoms with Crippen LogP contribution in [0.2, 0.25) is 0 Å². The van der Waals surface area contributed by atoms with Crippen molar-refractivity contribution in [1.82, 2.24) is 9.80 Å². The third-order valence-corrected chi connectivity index (χ3v) is 30.0. The first-order valence-corrected chi connectivity index (χ1v) is 59.3. The van der Waals surface area contributed by atoms with Gasteiger partial charge < -0.3 is 33.5 Å². The molecule has 3 aromatic carbocycles. The number of carbonyl (C=O) groups excluding carboxylic acids is 5. The summed E-state index contributed by atoms with van der Waals surface area (Å²) in [6.45, 7) is 120. The van der Waals surface area contributed by atoms with Crippen LogP contribution in [0.1, 0.15) is 540 Å². The zero-order chi connectivity index (χ0) is 114. The number of ether oxygens (including phenoxy) is 5. The summed E-state index contributed by atoms with van der Waals surface area (Å²) in [6, 6.07) is 32.9. The molecule has 5 saturated heterocycles. The van der Waals surface area contributed by atoms with Gasteiger partial charge in [0.2, 0.25) is 11.8 Å². The molecule has 12 nitrogen and oxygen atoms in total. The van der Waals surface area contributed by atoms with Crippen molar-refractivity contribution in [2.75, 3.05) is 46.1 Å². The molecule has 0 aromatic heterocycles. The Labute approximate surface area is 912 Å². The van der Waals surface area contributed by atoms with E-state index in [9.17, 15) is 24.0 Å². The van der Waals surface area contributed by atoms with Gasteiger partial charge in [0.1, 0.15) is 0 Å². The van der Waals surface area contributed by atoms with E-state index in [1.165, 1.54) is 93.7 Å². The molecule has 0 aliphatic carbocycles. The first-order valence-electron chi connectivity index (χ1n) is 59.3. The molecule has 2 bridgehead atoms. The number of unbranched alkanes of at least 4 members (excludes halogenated alkanes) is 6. The molecule has 0 saturated carbocycles. The smallest absolute Gasteiger partial charge is 0.312 e. The minimum absolute atomic E-state index is 0.00182. The monoisotopic (exact) mass is 2050 g/mol. The van der Waals surface area contributed by atoms with Crippen molar-refractivity contribution >= 4 is 29.7 Å². The Kier molecular flexibility index (Phi) is 61.0. The van der Waals surface area contributed by atoms with Crippen LogP contribution in [0.5, 0.6) is 0 Å². The van der Waals surface area contributed by atoms with Gasteiger partial charge >= 0.3 is 17.9 Å². The third kappa shape index (κ3) is 52.5. The van der Waals surface area contributed by atoms with E-state index in [1.807, 2.05) is 65.2 Å². The zero-order valence-electron chi connectivity index (χ0n) is 106. The van der Waals surface area contributed by atoms with Gasteiger partial charge in [-0.3, -0.25) is 24.0 Å². The fourth-order valence-corrected chi connectivity index (χ4v) is 23.5. The molecule has 5 fully saturated rings. The predicted octanol–water partition coefficient (Wildman–Crippen LogP) is 39.4. The second-order valence-electron chi connectivity index (χ2n) is 58.6. The van der Waals surface area contributed by atoms with Crippen LogP contribution in [-0.2, 0) is 47.7 Å². The lowest BCUT2D eigenvalue weighted by Crippen LogP contribution is -2.48. The third-order valence-electron chi connectivity index (χ3n) is 30.0. The molecule has 14 atom stereocenters. The van der Waals surface area contributed by atoms with Gasteiger partial charge in [-0.05, 0) is 260 Å². The van der Waals surface area contributed by atoms with Gasteiger partial charge in [0.15, 0.2) is 0 Å². The van der Waals surface area contributed by atoms with Gasteiger partial charge in [-0.2, -0.15) is 0 Å². The summed E-state index contributed by atoms with van der Waals surface area (Å²) in [5.41, 5.74) is 6.22. The quantitative estimate of drug-likeness (QED) is 0.0412. The molecule has 0 radical (unpaired) electrons. The number of rotatable bonds is 27.